The van der Waals surface area contributed by atoms with Gasteiger partial charge in [0.25, 0.3) is 0 Å². The number of halogens is 1. The van der Waals surface area contributed by atoms with Crippen molar-refractivity contribution in [3.63, 3.8) is 0 Å². The number of nitrogens with one attached hydrogen (secondary N) is 1. The zero-order valence-electron chi connectivity index (χ0n) is 7.76. The number of thioether (sulfide) groups is 1. The van der Waals surface area contributed by atoms with Crippen LogP contribution in [0.4, 0.5) is 0 Å². The van der Waals surface area contributed by atoms with E-state index in [1.807, 2.05) is 0 Å². The highest BCUT2D eigenvalue weighted by molar-refractivity contribution is 8.00. The smallest absolute Gasteiger partial charge is 0.321 e. The van der Waals surface area contributed by atoms with Crippen molar-refractivity contribution in [1.29, 1.82) is 0 Å². The van der Waals surface area contributed by atoms with Gasteiger partial charge in [-0.05, 0) is 0 Å². The third-order valence-electron chi connectivity index (χ3n) is 2.10. The van der Waals surface area contributed by atoms with Crippen LogP contribution in [0.2, 0.25) is 5.02 Å². The summed E-state index contributed by atoms with van der Waals surface area (Å²) in [6.45, 7) is 0.626. The number of hydrogen-bond acceptors (Lipinski definition) is 4. The van der Waals surface area contributed by atoms with Crippen molar-refractivity contribution in [3.8, 4) is 0 Å². The molecule has 1 aliphatic heterocycles. The monoisotopic (exact) mass is 247 g/mol. The minimum absolute atomic E-state index is 0.0852. The molecule has 0 aliphatic carbocycles. The Morgan fingerprint density at radius 1 is 1.87 bits per heavy atom. The maximum atomic E-state index is 10.7. The molecule has 7 heteroatoms. The van der Waals surface area contributed by atoms with E-state index < -0.39 is 12.0 Å². The second-order valence-corrected chi connectivity index (χ2v) is 4.93. The van der Waals surface area contributed by atoms with Gasteiger partial charge >= 0.3 is 5.97 Å². The van der Waals surface area contributed by atoms with Crippen molar-refractivity contribution in [2.24, 2.45) is 0 Å². The molecular formula is C8H10ClN3O2S. The van der Waals surface area contributed by atoms with E-state index in [2.05, 4.69) is 10.4 Å². The summed E-state index contributed by atoms with van der Waals surface area (Å²) in [5.74, 6) is -0.210. The fourth-order valence-corrected chi connectivity index (χ4v) is 2.73. The Morgan fingerprint density at radius 2 is 2.67 bits per heavy atom. The minimum atomic E-state index is -0.802. The van der Waals surface area contributed by atoms with Gasteiger partial charge in [-0.3, -0.25) is 14.8 Å². The molecule has 1 aliphatic rings. The standard InChI is InChI=1S/C8H10ClN3O2S/c9-5-1-10-12(2-5)3-7-11-6(4-15-7)8(13)14/h1-2,6-7,11H,3-4H2,(H,13,14)/t6-,7+/m0/s1. The Hall–Kier alpha value is -0.720. The molecule has 0 radical (unpaired) electrons. The lowest BCUT2D eigenvalue weighted by atomic mass is 10.3. The second-order valence-electron chi connectivity index (χ2n) is 3.26. The largest absolute Gasteiger partial charge is 0.480 e. The summed E-state index contributed by atoms with van der Waals surface area (Å²) in [5.41, 5.74) is 0. The summed E-state index contributed by atoms with van der Waals surface area (Å²) in [6.07, 6.45) is 3.29. The van der Waals surface area contributed by atoms with E-state index >= 15 is 0 Å². The van der Waals surface area contributed by atoms with Gasteiger partial charge in [0.1, 0.15) is 6.04 Å². The normalized spacial score (nSPS) is 25.7. The first-order valence-corrected chi connectivity index (χ1v) is 5.86. The molecule has 1 aromatic rings. The second kappa shape index (κ2) is 4.42. The first kappa shape index (κ1) is 10.8. The first-order chi connectivity index (χ1) is 7.15. The van der Waals surface area contributed by atoms with Gasteiger partial charge in [-0.15, -0.1) is 11.8 Å². The van der Waals surface area contributed by atoms with Crippen LogP contribution in [-0.2, 0) is 11.3 Å². The molecule has 1 fully saturated rings. The van der Waals surface area contributed by atoms with Crippen LogP contribution >= 0.6 is 23.4 Å². The summed E-state index contributed by atoms with van der Waals surface area (Å²) in [6, 6.07) is -0.453. The van der Waals surface area contributed by atoms with Gasteiger partial charge in [0.05, 0.1) is 23.1 Å². The van der Waals surface area contributed by atoms with Crippen molar-refractivity contribution in [2.45, 2.75) is 18.0 Å². The van der Waals surface area contributed by atoms with Gasteiger partial charge in [-0.1, -0.05) is 11.6 Å². The number of carbonyl (C=O) groups is 1. The highest BCUT2D eigenvalue weighted by Gasteiger charge is 2.29. The Labute approximate surface area is 95.8 Å². The fourth-order valence-electron chi connectivity index (χ4n) is 1.39. The third kappa shape index (κ3) is 2.64. The van der Waals surface area contributed by atoms with Crippen LogP contribution in [0.3, 0.4) is 0 Å². The molecule has 2 atom stereocenters. The van der Waals surface area contributed by atoms with E-state index in [0.717, 1.165) is 0 Å². The van der Waals surface area contributed by atoms with Crippen molar-refractivity contribution < 1.29 is 9.90 Å². The molecule has 1 aromatic heterocycles. The van der Waals surface area contributed by atoms with Crippen LogP contribution in [0.1, 0.15) is 0 Å². The first-order valence-electron chi connectivity index (χ1n) is 4.43. The summed E-state index contributed by atoms with van der Waals surface area (Å²) >= 11 is 7.31. The van der Waals surface area contributed by atoms with E-state index in [9.17, 15) is 4.79 Å². The minimum Gasteiger partial charge on any atom is -0.480 e. The number of hydrogen-bond donors (Lipinski definition) is 2. The van der Waals surface area contributed by atoms with Gasteiger partial charge in [0, 0.05) is 11.9 Å². The van der Waals surface area contributed by atoms with Crippen molar-refractivity contribution in [1.82, 2.24) is 15.1 Å². The number of rotatable bonds is 3. The van der Waals surface area contributed by atoms with Gasteiger partial charge in [0.2, 0.25) is 0 Å². The lowest BCUT2D eigenvalue weighted by molar-refractivity contribution is -0.138. The SMILES string of the molecule is O=C(O)[C@@H]1CS[C@H](Cn2cc(Cl)cn2)N1. The Bertz CT molecular complexity index is 371. The van der Waals surface area contributed by atoms with Crippen LogP contribution in [0, 0.1) is 0 Å². The van der Waals surface area contributed by atoms with E-state index in [-0.39, 0.29) is 5.37 Å². The van der Waals surface area contributed by atoms with Gasteiger partial charge in [0.15, 0.2) is 0 Å². The van der Waals surface area contributed by atoms with Crippen molar-refractivity contribution in [2.75, 3.05) is 5.75 Å². The number of carboxylic acid groups (broad SMARTS) is 1. The molecule has 15 heavy (non-hydrogen) atoms. The fraction of sp³-hybridized carbons (Fsp3) is 0.500. The van der Waals surface area contributed by atoms with Crippen molar-refractivity contribution >= 4 is 29.3 Å². The molecular weight excluding hydrogens is 238 g/mol. The number of aromatic nitrogens is 2. The molecule has 0 amide bonds. The molecule has 0 spiro atoms. The molecule has 82 valence electrons. The molecule has 2 heterocycles. The highest BCUT2D eigenvalue weighted by Crippen LogP contribution is 2.20. The third-order valence-corrected chi connectivity index (χ3v) is 3.51. The van der Waals surface area contributed by atoms with Crippen LogP contribution in [0.5, 0.6) is 0 Å². The highest BCUT2D eigenvalue weighted by atomic mass is 35.5. The molecule has 0 unspecified atom stereocenters. The van der Waals surface area contributed by atoms with E-state index in [0.29, 0.717) is 17.3 Å². The van der Waals surface area contributed by atoms with Crippen LogP contribution < -0.4 is 5.32 Å². The lowest BCUT2D eigenvalue weighted by Gasteiger charge is -2.10. The Morgan fingerprint density at radius 3 is 3.20 bits per heavy atom. The number of nitrogens with zero attached hydrogens (tertiary/aromatic N) is 2. The van der Waals surface area contributed by atoms with Gasteiger partial charge in [-0.25, -0.2) is 0 Å². The van der Waals surface area contributed by atoms with Gasteiger partial charge < -0.3 is 5.11 Å². The van der Waals surface area contributed by atoms with E-state index in [4.69, 9.17) is 16.7 Å². The molecule has 1 saturated heterocycles. The predicted octanol–water partition coefficient (Wildman–Crippen LogP) is 0.652. The number of aliphatic carboxylic acids is 1. The van der Waals surface area contributed by atoms with Crippen LogP contribution in [-0.4, -0.2) is 38.0 Å². The summed E-state index contributed by atoms with van der Waals surface area (Å²) in [7, 11) is 0. The average Bonchev–Trinajstić information content (AvgIpc) is 2.76. The summed E-state index contributed by atoms with van der Waals surface area (Å²) < 4.78 is 1.71. The van der Waals surface area contributed by atoms with Crippen molar-refractivity contribution in [3.05, 3.63) is 17.4 Å². The van der Waals surface area contributed by atoms with E-state index in [1.165, 1.54) is 0 Å². The van der Waals surface area contributed by atoms with E-state index in [1.54, 1.807) is 28.8 Å². The maximum absolute atomic E-state index is 10.7. The molecule has 0 aromatic carbocycles. The summed E-state index contributed by atoms with van der Waals surface area (Å²) in [4.78, 5) is 10.7. The predicted molar refractivity (Wildman–Crippen MR) is 58.0 cm³/mol. The topological polar surface area (TPSA) is 67.1 Å². The zero-order valence-corrected chi connectivity index (χ0v) is 9.33. The lowest BCUT2D eigenvalue weighted by Crippen LogP contribution is -2.38. The molecule has 0 saturated carbocycles. The van der Waals surface area contributed by atoms with Gasteiger partial charge in [-0.2, -0.15) is 5.10 Å². The Kier molecular flexibility index (Phi) is 3.18. The Balaban J connectivity index is 1.90. The maximum Gasteiger partial charge on any atom is 0.321 e. The molecule has 0 bridgehead atoms. The zero-order chi connectivity index (χ0) is 10.8. The quantitative estimate of drug-likeness (QED) is 0.821. The number of carboxylic acids is 1. The molecule has 2 rings (SSSR count). The molecule has 5 nitrogen and oxygen atoms in total. The summed E-state index contributed by atoms with van der Waals surface area (Å²) in [5, 5.41) is 16.5. The van der Waals surface area contributed by atoms with Crippen LogP contribution in [0.15, 0.2) is 12.4 Å². The average molecular weight is 248 g/mol. The van der Waals surface area contributed by atoms with Crippen LogP contribution in [0.25, 0.3) is 0 Å². The molecule has 2 N–H and O–H groups in total.